The summed E-state index contributed by atoms with van der Waals surface area (Å²) in [6, 6.07) is 44.1. The molecule has 14 rings (SSSR count). The quantitative estimate of drug-likeness (QED) is 0.0307. The van der Waals surface area contributed by atoms with Gasteiger partial charge >= 0.3 is 0 Å². The molecule has 6 aromatic carbocycles. The Hall–Kier alpha value is -13.1. The highest BCUT2D eigenvalue weighted by molar-refractivity contribution is 6.07. The van der Waals surface area contributed by atoms with Crippen molar-refractivity contribution >= 4 is 93.5 Å². The van der Waals surface area contributed by atoms with Gasteiger partial charge in [-0.1, -0.05) is 60.7 Å². The molecule has 2 atom stereocenters. The molecule has 0 unspecified atom stereocenters. The van der Waals surface area contributed by atoms with Crippen LogP contribution in [-0.2, 0) is 44.2 Å². The van der Waals surface area contributed by atoms with Gasteiger partial charge in [0.1, 0.15) is 11.4 Å². The number of aliphatic imine (C=N–C) groups is 1. The average molecular weight is 1490 g/mol. The molecule has 4 aromatic heterocycles. The predicted octanol–water partition coefficient (Wildman–Crippen LogP) is 13.1. The summed E-state index contributed by atoms with van der Waals surface area (Å²) in [4.78, 5) is 121. The summed E-state index contributed by atoms with van der Waals surface area (Å²) in [5, 5.41) is 17.0. The van der Waals surface area contributed by atoms with Crippen molar-refractivity contribution in [3.63, 3.8) is 0 Å². The van der Waals surface area contributed by atoms with Crippen LogP contribution in [0.5, 0.6) is 23.0 Å². The normalized spacial score (nSPS) is 14.9. The van der Waals surface area contributed by atoms with Crippen LogP contribution in [0, 0.1) is 0 Å². The Labute approximate surface area is 636 Å². The number of piperidine rings is 2. The second-order valence-electron chi connectivity index (χ2n) is 27.5. The zero-order chi connectivity index (χ0) is 77.0. The van der Waals surface area contributed by atoms with Crippen LogP contribution < -0.4 is 50.8 Å². The van der Waals surface area contributed by atoms with Crippen LogP contribution in [0.25, 0.3) is 22.3 Å². The number of ether oxygens (including phenoxy) is 4. The van der Waals surface area contributed by atoms with Crippen LogP contribution in [0.15, 0.2) is 175 Å². The molecule has 8 amide bonds. The van der Waals surface area contributed by atoms with Crippen LogP contribution in [0.4, 0.5) is 40.1 Å². The molecule has 0 radical (unpaired) electrons. The number of hydrogen-bond acceptors (Lipinski definition) is 15. The van der Waals surface area contributed by atoms with Gasteiger partial charge in [-0.2, -0.15) is 0 Å². The van der Waals surface area contributed by atoms with E-state index in [9.17, 15) is 38.4 Å². The minimum absolute atomic E-state index is 0.0102. The second-order valence-corrected chi connectivity index (χ2v) is 27.5. The van der Waals surface area contributed by atoms with Gasteiger partial charge < -0.3 is 78.9 Å². The van der Waals surface area contributed by atoms with Crippen molar-refractivity contribution in [3.05, 3.63) is 210 Å². The summed E-state index contributed by atoms with van der Waals surface area (Å²) < 4.78 is 29.8. The summed E-state index contributed by atoms with van der Waals surface area (Å²) >= 11 is 0. The highest BCUT2D eigenvalue weighted by Crippen LogP contribution is 2.40. The fourth-order valence-corrected chi connectivity index (χ4v) is 14.0. The topological polar surface area (TPSA) is 310 Å². The number of aryl methyl sites for hydroxylation is 5. The lowest BCUT2D eigenvalue weighted by molar-refractivity contribution is -0.117. The molecule has 4 aliphatic heterocycles. The Morgan fingerprint density at radius 1 is 0.445 bits per heavy atom. The van der Waals surface area contributed by atoms with Gasteiger partial charge in [0.15, 0.2) is 34.6 Å². The zero-order valence-corrected chi connectivity index (χ0v) is 62.1. The van der Waals surface area contributed by atoms with Crippen LogP contribution in [0.3, 0.4) is 0 Å². The minimum Gasteiger partial charge on any atom is -0.493 e. The van der Waals surface area contributed by atoms with Gasteiger partial charge in [-0.15, -0.1) is 0 Å². The van der Waals surface area contributed by atoms with E-state index in [1.807, 2.05) is 146 Å². The molecule has 10 aromatic rings. The molecule has 0 saturated carbocycles. The van der Waals surface area contributed by atoms with Crippen LogP contribution in [0.1, 0.15) is 139 Å². The summed E-state index contributed by atoms with van der Waals surface area (Å²) in [6.45, 7) is 2.00. The van der Waals surface area contributed by atoms with E-state index in [0.29, 0.717) is 93.3 Å². The second kappa shape index (κ2) is 34.2. The maximum atomic E-state index is 13.3. The first-order valence-electron chi connectivity index (χ1n) is 36.7. The first-order valence-corrected chi connectivity index (χ1v) is 36.7. The van der Waals surface area contributed by atoms with Crippen LogP contribution in [0.2, 0.25) is 0 Å². The Balaban J connectivity index is 0.000000193. The molecule has 0 bridgehead atoms. The smallest absolute Gasteiger partial charge is 0.291 e. The number of imidazole rings is 2. The van der Waals surface area contributed by atoms with Crippen molar-refractivity contribution in [2.75, 3.05) is 72.4 Å². The molecule has 2 fully saturated rings. The van der Waals surface area contributed by atoms with E-state index in [0.717, 1.165) is 85.7 Å². The van der Waals surface area contributed by atoms with Gasteiger partial charge in [0, 0.05) is 137 Å². The molecule has 2 saturated heterocycles. The van der Waals surface area contributed by atoms with Gasteiger partial charge in [0.05, 0.1) is 44.7 Å². The van der Waals surface area contributed by atoms with E-state index in [-0.39, 0.29) is 96.9 Å². The predicted molar refractivity (Wildman–Crippen MR) is 419 cm³/mol. The lowest BCUT2D eigenvalue weighted by Gasteiger charge is -2.34. The maximum absolute atomic E-state index is 13.3. The van der Waals surface area contributed by atoms with Gasteiger partial charge in [-0.25, -0.2) is 9.97 Å². The van der Waals surface area contributed by atoms with Gasteiger partial charge in [0.25, 0.3) is 35.4 Å². The van der Waals surface area contributed by atoms with Crippen molar-refractivity contribution in [2.24, 2.45) is 33.2 Å². The monoisotopic (exact) mass is 1490 g/mol. The molecule has 566 valence electrons. The summed E-state index contributed by atoms with van der Waals surface area (Å²) in [7, 11) is 10.1. The number of hydrogen-bond donors (Lipinski definition) is 6. The number of amides is 8. The first kappa shape index (κ1) is 75.2. The Bertz CT molecular complexity index is 5100. The van der Waals surface area contributed by atoms with Crippen LogP contribution >= 0.6 is 0 Å². The average Bonchev–Trinajstić information content (AvgIpc) is 1.43. The van der Waals surface area contributed by atoms with E-state index in [4.69, 9.17) is 18.9 Å². The summed E-state index contributed by atoms with van der Waals surface area (Å²) in [5.41, 5.74) is 9.70. The molecule has 110 heavy (non-hydrogen) atoms. The van der Waals surface area contributed by atoms with Crippen molar-refractivity contribution in [1.82, 2.24) is 38.0 Å². The number of nitrogens with one attached hydrogen (secondary N) is 6. The van der Waals surface area contributed by atoms with Crippen molar-refractivity contribution in [3.8, 4) is 45.3 Å². The van der Waals surface area contributed by atoms with Crippen molar-refractivity contribution in [2.45, 2.75) is 89.1 Å². The van der Waals surface area contributed by atoms with E-state index in [2.05, 4.69) is 46.9 Å². The zero-order valence-electron chi connectivity index (χ0n) is 62.1. The number of para-hydroxylation sites is 2. The Morgan fingerprint density at radius 3 is 1.41 bits per heavy atom. The third-order valence-electron chi connectivity index (χ3n) is 19.8. The Kier molecular flexibility index (Phi) is 23.4. The lowest BCUT2D eigenvalue weighted by Crippen LogP contribution is -2.43. The van der Waals surface area contributed by atoms with Crippen molar-refractivity contribution < 1.29 is 57.3 Å². The van der Waals surface area contributed by atoms with Gasteiger partial charge in [0.2, 0.25) is 23.5 Å². The number of aromatic nitrogens is 6. The maximum Gasteiger partial charge on any atom is 0.291 e. The molecular weight excluding hydrogens is 1400 g/mol. The van der Waals surface area contributed by atoms with E-state index < -0.39 is 11.8 Å². The first-order chi connectivity index (χ1) is 53.3. The molecule has 8 heterocycles. The molecule has 4 aliphatic rings. The lowest BCUT2D eigenvalue weighted by atomic mass is 9.98. The standard InChI is InChI=1S/C42H45N7O6.C41H42N8O6/c1-47-25-29(22-34(47)40(51)43-30-10-5-4-6-11-30)27-14-17-31(18-15-27)44-41(52)39-46-37(26-48(39)2)45-38(50)13-9-21-55-36-23-28-16-19-32-12-7-8-20-49(32)42(53)33(28)24-35(36)54-3;1-47-24-27(20-33(47)39(51)43-28-10-5-4-6-11-28)26-14-16-29(17-15-26)44-40(52)38-46-36(25-48(38)2)45-37(50)13-9-19-55-35-22-32-31(21-34(35)54-3)41(53)49-18-8-7-12-30(49)23-42-32/h4-6,10-11,14-15,17-18,22-26,32H,7-9,12-13,16,19-21H2,1-3H3,(H,43,51)(H,44,52)(H,45,50);4-6,10-11,14-17,20-25,30H,7-9,12-13,18-19H2,1-3H3,(H,43,51)(H,44,52)(H,45,50)/t32-;30-/m00/s1. The highest BCUT2D eigenvalue weighted by atomic mass is 16.5. The number of rotatable bonds is 24. The number of carbonyl (C=O) groups excluding carboxylic acids is 8. The largest absolute Gasteiger partial charge is 0.493 e. The molecule has 0 spiro atoms. The van der Waals surface area contributed by atoms with E-state index >= 15 is 0 Å². The number of anilines is 6. The number of nitrogens with zero attached hydrogens (tertiary/aromatic N) is 9. The Morgan fingerprint density at radius 2 is 0.900 bits per heavy atom. The summed E-state index contributed by atoms with van der Waals surface area (Å²) in [6.07, 6.45) is 17.8. The number of benzene rings is 6. The fourth-order valence-electron chi connectivity index (χ4n) is 14.0. The summed E-state index contributed by atoms with van der Waals surface area (Å²) in [5.74, 6) is 0.830. The van der Waals surface area contributed by atoms with Crippen molar-refractivity contribution in [1.29, 1.82) is 0 Å². The third kappa shape index (κ3) is 17.8. The molecular formula is C83H87N15O12. The molecule has 6 N–H and O–H groups in total. The van der Waals surface area contributed by atoms with Gasteiger partial charge in [-0.3, -0.25) is 43.3 Å². The highest BCUT2D eigenvalue weighted by Gasteiger charge is 2.34. The number of fused-ring (bicyclic) bond motifs is 4. The molecule has 0 aliphatic carbocycles. The van der Waals surface area contributed by atoms with E-state index in [1.54, 1.807) is 89.8 Å². The number of carbonyl (C=O) groups is 8. The fraction of sp³-hybridized carbons (Fsp3) is 0.289. The van der Waals surface area contributed by atoms with E-state index in [1.165, 1.54) is 11.7 Å². The SMILES string of the molecule is COc1cc2c(cc1OCCCC(=O)Nc1cn(C)c(C(=O)Nc3ccc(-c4cc(C(=O)Nc5ccccc5)n(C)c4)cc3)n1)CC[C@@H]1CCCCN1C2=O.COc1cc2c(cc1OCCCC(=O)Nc1cn(C)c(C(=O)Nc3ccc(-c4cc(C(=O)Nc5ccccc5)n(C)c4)cc3)n1)N=C[C@@H]1CCCCN1C2=O. The molecule has 27 nitrogen and oxygen atoms in total. The van der Waals surface area contributed by atoms with Crippen LogP contribution in [-0.4, -0.2) is 144 Å². The minimum atomic E-state index is -0.444. The third-order valence-corrected chi connectivity index (χ3v) is 19.8. The number of methoxy groups -OCH3 is 2. The van der Waals surface area contributed by atoms with Gasteiger partial charge in [-0.05, 0) is 160 Å². The molecule has 27 heteroatoms.